The molecule has 1 aliphatic carbocycles. The van der Waals surface area contributed by atoms with E-state index in [1.807, 2.05) is 0 Å². The van der Waals surface area contributed by atoms with Crippen molar-refractivity contribution < 1.29 is 13.3 Å². The summed E-state index contributed by atoms with van der Waals surface area (Å²) in [4.78, 5) is 10.5. The molecule has 0 heterocycles. The van der Waals surface area contributed by atoms with Gasteiger partial charge in [-0.3, -0.25) is 10.1 Å². The monoisotopic (exact) mass is 267 g/mol. The van der Waals surface area contributed by atoms with E-state index in [9.17, 15) is 18.5 Å². The number of nitrogens with zero attached hydrogens (tertiary/aromatic N) is 1. The zero-order chi connectivity index (χ0) is 13.3. The van der Waals surface area contributed by atoms with Crippen LogP contribution in [0.1, 0.15) is 12.8 Å². The highest BCUT2D eigenvalue weighted by molar-refractivity contribution is 7.92. The predicted octanol–water partition coefficient (Wildman–Crippen LogP) is 1.82. The van der Waals surface area contributed by atoms with Crippen LogP contribution in [0.4, 0.5) is 0 Å². The van der Waals surface area contributed by atoms with Gasteiger partial charge in [0.25, 0.3) is 0 Å². The molecule has 1 aliphatic rings. The van der Waals surface area contributed by atoms with E-state index < -0.39 is 26.1 Å². The smallest absolute Gasteiger partial charge is 0.218 e. The first kappa shape index (κ1) is 12.8. The fourth-order valence-electron chi connectivity index (χ4n) is 2.21. The largest absolute Gasteiger partial charge is 0.264 e. The van der Waals surface area contributed by atoms with Gasteiger partial charge in [0.2, 0.25) is 6.04 Å². The fourth-order valence-corrected chi connectivity index (χ4v) is 4.09. The third kappa shape index (κ3) is 2.15. The highest BCUT2D eigenvalue weighted by Gasteiger charge is 2.43. The van der Waals surface area contributed by atoms with Gasteiger partial charge in [-0.25, -0.2) is 8.42 Å². The van der Waals surface area contributed by atoms with E-state index in [1.165, 1.54) is 12.1 Å². The van der Waals surface area contributed by atoms with Crippen LogP contribution in [0.15, 0.2) is 47.4 Å². The lowest BCUT2D eigenvalue weighted by Crippen LogP contribution is -2.22. The molecule has 6 heteroatoms. The first-order valence-corrected chi connectivity index (χ1v) is 7.07. The van der Waals surface area contributed by atoms with Crippen LogP contribution in [0.5, 0.6) is 0 Å². The van der Waals surface area contributed by atoms with Gasteiger partial charge in [0, 0.05) is 17.8 Å². The summed E-state index contributed by atoms with van der Waals surface area (Å²) in [6.45, 7) is 3.68. The minimum atomic E-state index is -3.56. The summed E-state index contributed by atoms with van der Waals surface area (Å²) in [6.07, 6.45) is 0.160. The van der Waals surface area contributed by atoms with E-state index >= 15 is 0 Å². The van der Waals surface area contributed by atoms with Gasteiger partial charge in [0.15, 0.2) is 9.84 Å². The molecule has 2 atom stereocenters. The predicted molar refractivity (Wildman–Crippen MR) is 66.6 cm³/mol. The number of hydrogen-bond acceptors (Lipinski definition) is 4. The van der Waals surface area contributed by atoms with Gasteiger partial charge in [-0.15, -0.1) is 0 Å². The fraction of sp³-hybridized carbons (Fsp3) is 0.333. The van der Waals surface area contributed by atoms with E-state index in [1.54, 1.807) is 18.2 Å². The van der Waals surface area contributed by atoms with E-state index in [2.05, 4.69) is 6.58 Å². The first-order chi connectivity index (χ1) is 8.43. The number of rotatable bonds is 3. The average molecular weight is 267 g/mol. The molecule has 5 nitrogen and oxygen atoms in total. The Labute approximate surface area is 105 Å². The van der Waals surface area contributed by atoms with Gasteiger partial charge < -0.3 is 0 Å². The molecular formula is C12H13NO4S. The third-order valence-electron chi connectivity index (χ3n) is 3.18. The molecule has 0 N–H and O–H groups in total. The Bertz CT molecular complexity index is 579. The average Bonchev–Trinajstić information content (AvgIpc) is 2.73. The molecule has 0 aromatic heterocycles. The topological polar surface area (TPSA) is 77.3 Å². The van der Waals surface area contributed by atoms with E-state index in [-0.39, 0.29) is 17.7 Å². The maximum Gasteiger partial charge on any atom is 0.218 e. The first-order valence-electron chi connectivity index (χ1n) is 5.53. The molecule has 0 bridgehead atoms. The van der Waals surface area contributed by atoms with Crippen LogP contribution in [0.2, 0.25) is 0 Å². The quantitative estimate of drug-likeness (QED) is 0.475. The highest BCUT2D eigenvalue weighted by atomic mass is 32.2. The Morgan fingerprint density at radius 1 is 1.28 bits per heavy atom. The lowest BCUT2D eigenvalue weighted by molar-refractivity contribution is -0.519. The molecule has 1 aromatic carbocycles. The molecule has 0 unspecified atom stereocenters. The zero-order valence-corrected chi connectivity index (χ0v) is 10.5. The summed E-state index contributed by atoms with van der Waals surface area (Å²) >= 11 is 0. The van der Waals surface area contributed by atoms with E-state index in [0.717, 1.165) is 0 Å². The lowest BCUT2D eigenvalue weighted by atomic mass is 10.2. The van der Waals surface area contributed by atoms with Crippen molar-refractivity contribution in [1.29, 1.82) is 0 Å². The number of hydrogen-bond donors (Lipinski definition) is 0. The molecule has 1 fully saturated rings. The summed E-state index contributed by atoms with van der Waals surface area (Å²) in [7, 11) is -3.56. The van der Waals surface area contributed by atoms with E-state index in [4.69, 9.17) is 0 Å². The Morgan fingerprint density at radius 3 is 2.39 bits per heavy atom. The molecular weight excluding hydrogens is 254 g/mol. The van der Waals surface area contributed by atoms with Crippen LogP contribution < -0.4 is 0 Å². The normalized spacial score (nSPS) is 24.1. The molecule has 1 aromatic rings. The number of nitro groups is 1. The van der Waals surface area contributed by atoms with Crippen LogP contribution in [0.3, 0.4) is 0 Å². The van der Waals surface area contributed by atoms with Crippen molar-refractivity contribution in [2.75, 3.05) is 0 Å². The molecule has 2 rings (SSSR count). The number of sulfone groups is 1. The van der Waals surface area contributed by atoms with Crippen molar-refractivity contribution in [3.05, 3.63) is 52.6 Å². The molecule has 96 valence electrons. The second kappa shape index (κ2) is 4.53. The summed E-state index contributed by atoms with van der Waals surface area (Å²) < 4.78 is 24.7. The highest BCUT2D eigenvalue weighted by Crippen LogP contribution is 2.34. The van der Waals surface area contributed by atoms with Crippen molar-refractivity contribution in [3.63, 3.8) is 0 Å². The maximum atomic E-state index is 12.3. The standard InChI is InChI=1S/C12H13NO4S/c1-9-7-10(13(14)15)8-12(9)18(16,17)11-5-3-2-4-6-11/h2-6,10,12H,1,7-8H2/t10-,12-/m0/s1. The van der Waals surface area contributed by atoms with Crippen LogP contribution >= 0.6 is 0 Å². The van der Waals surface area contributed by atoms with Crippen molar-refractivity contribution in [2.24, 2.45) is 0 Å². The summed E-state index contributed by atoms with van der Waals surface area (Å²) in [5, 5.41) is 9.89. The van der Waals surface area contributed by atoms with E-state index in [0.29, 0.717) is 5.57 Å². The van der Waals surface area contributed by atoms with Crippen LogP contribution in [0.25, 0.3) is 0 Å². The molecule has 18 heavy (non-hydrogen) atoms. The van der Waals surface area contributed by atoms with Gasteiger partial charge in [-0.1, -0.05) is 30.4 Å². The molecule has 0 amide bonds. The Balaban J connectivity index is 2.33. The molecule has 0 saturated heterocycles. The summed E-state index contributed by atoms with van der Waals surface area (Å²) in [5.74, 6) is 0. The van der Waals surface area contributed by atoms with Crippen LogP contribution in [-0.2, 0) is 9.84 Å². The second-order valence-electron chi connectivity index (χ2n) is 4.38. The summed E-state index contributed by atoms with van der Waals surface area (Å²) in [5.41, 5.74) is 0.431. The van der Waals surface area contributed by atoms with Gasteiger partial charge in [-0.05, 0) is 12.1 Å². The Hall–Kier alpha value is -1.69. The van der Waals surface area contributed by atoms with Gasteiger partial charge in [-0.2, -0.15) is 0 Å². The van der Waals surface area contributed by atoms with Crippen molar-refractivity contribution in [2.45, 2.75) is 29.0 Å². The minimum absolute atomic E-state index is 0.0169. The SMILES string of the molecule is C=C1C[C@H]([N+](=O)[O-])C[C@@H]1S(=O)(=O)c1ccccc1. The van der Waals surface area contributed by atoms with Gasteiger partial charge in [0.1, 0.15) is 0 Å². The van der Waals surface area contributed by atoms with Gasteiger partial charge in [0.05, 0.1) is 10.1 Å². The zero-order valence-electron chi connectivity index (χ0n) is 9.65. The Kier molecular flexibility index (Phi) is 3.21. The maximum absolute atomic E-state index is 12.3. The van der Waals surface area contributed by atoms with Crippen LogP contribution in [-0.4, -0.2) is 24.6 Å². The summed E-state index contributed by atoms with van der Waals surface area (Å²) in [6, 6.07) is 7.17. The minimum Gasteiger partial charge on any atom is -0.264 e. The van der Waals surface area contributed by atoms with Crippen LogP contribution in [0, 0.1) is 10.1 Å². The van der Waals surface area contributed by atoms with Crippen molar-refractivity contribution in [3.8, 4) is 0 Å². The van der Waals surface area contributed by atoms with Crippen molar-refractivity contribution in [1.82, 2.24) is 0 Å². The molecule has 0 spiro atoms. The Morgan fingerprint density at radius 2 is 1.89 bits per heavy atom. The molecule has 0 radical (unpaired) electrons. The lowest BCUT2D eigenvalue weighted by Gasteiger charge is -2.11. The van der Waals surface area contributed by atoms with Crippen molar-refractivity contribution >= 4 is 9.84 Å². The van der Waals surface area contributed by atoms with Gasteiger partial charge >= 0.3 is 0 Å². The molecule has 0 aliphatic heterocycles. The second-order valence-corrected chi connectivity index (χ2v) is 6.51. The molecule has 1 saturated carbocycles. The third-order valence-corrected chi connectivity index (χ3v) is 5.39. The number of benzene rings is 1.